The molecule has 0 aliphatic heterocycles. The van der Waals surface area contributed by atoms with Crippen LogP contribution in [0.15, 0.2) is 22.7 Å². The van der Waals surface area contributed by atoms with Crippen LogP contribution < -0.4 is 11.1 Å². The second-order valence-electron chi connectivity index (χ2n) is 5.35. The molecule has 1 heterocycles. The maximum Gasteiger partial charge on any atom is 0.263 e. The molecule has 1 amide bonds. The van der Waals surface area contributed by atoms with Crippen molar-refractivity contribution in [1.29, 1.82) is 0 Å². The van der Waals surface area contributed by atoms with Crippen LogP contribution in [0.5, 0.6) is 0 Å². The lowest BCUT2D eigenvalue weighted by Gasteiger charge is -2.03. The molecule has 2 aromatic rings. The van der Waals surface area contributed by atoms with Crippen molar-refractivity contribution in [2.45, 2.75) is 32.2 Å². The normalized spacial score (nSPS) is 21.1. The second-order valence-corrected chi connectivity index (χ2v) is 7.32. The van der Waals surface area contributed by atoms with Crippen LogP contribution in [0.1, 0.15) is 35.9 Å². The van der Waals surface area contributed by atoms with E-state index in [4.69, 9.17) is 5.73 Å². The number of fused-ring (bicyclic) bond motifs is 1. The average molecular weight is 353 g/mol. The van der Waals surface area contributed by atoms with Crippen molar-refractivity contribution in [1.82, 2.24) is 5.32 Å². The van der Waals surface area contributed by atoms with Gasteiger partial charge in [0, 0.05) is 20.6 Å². The van der Waals surface area contributed by atoms with Gasteiger partial charge in [-0.1, -0.05) is 35.3 Å². The fourth-order valence-corrected chi connectivity index (χ4v) is 4.19. The number of hydrogen-bond acceptors (Lipinski definition) is 3. The number of nitrogens with one attached hydrogen (secondary N) is 1. The topological polar surface area (TPSA) is 55.1 Å². The molecular formula is C15H17BrN2OS. The van der Waals surface area contributed by atoms with Crippen LogP contribution in [0.25, 0.3) is 10.1 Å². The summed E-state index contributed by atoms with van der Waals surface area (Å²) in [4.78, 5) is 13.0. The summed E-state index contributed by atoms with van der Waals surface area (Å²) in [7, 11) is 0. The molecule has 3 nitrogen and oxygen atoms in total. The Labute approximate surface area is 130 Å². The van der Waals surface area contributed by atoms with Crippen LogP contribution >= 0.6 is 27.3 Å². The Morgan fingerprint density at radius 2 is 2.35 bits per heavy atom. The number of carbonyl (C=O) groups excluding carboxylic acids is 1. The van der Waals surface area contributed by atoms with Crippen molar-refractivity contribution < 1.29 is 4.79 Å². The Bertz CT molecular complexity index is 667. The SMILES string of the molecule is CCCC1CC1NC(=O)c1sc2cc(Br)ccc2c1N. The van der Waals surface area contributed by atoms with Gasteiger partial charge in [-0.3, -0.25) is 4.79 Å². The molecule has 0 bridgehead atoms. The van der Waals surface area contributed by atoms with Crippen LogP contribution in [-0.4, -0.2) is 11.9 Å². The molecule has 1 fully saturated rings. The molecule has 0 saturated heterocycles. The van der Waals surface area contributed by atoms with Crippen LogP contribution in [0.2, 0.25) is 0 Å². The van der Waals surface area contributed by atoms with E-state index < -0.39 is 0 Å². The highest BCUT2D eigenvalue weighted by Gasteiger charge is 2.37. The van der Waals surface area contributed by atoms with Gasteiger partial charge < -0.3 is 11.1 Å². The fourth-order valence-electron chi connectivity index (χ4n) is 2.61. The molecule has 2 atom stereocenters. The average Bonchev–Trinajstić information content (AvgIpc) is 3.04. The van der Waals surface area contributed by atoms with E-state index in [-0.39, 0.29) is 5.91 Å². The van der Waals surface area contributed by atoms with Crippen LogP contribution in [0.4, 0.5) is 5.69 Å². The Morgan fingerprint density at radius 1 is 1.55 bits per heavy atom. The zero-order chi connectivity index (χ0) is 14.3. The summed E-state index contributed by atoms with van der Waals surface area (Å²) in [5, 5.41) is 4.06. The van der Waals surface area contributed by atoms with Crippen LogP contribution in [-0.2, 0) is 0 Å². The standard InChI is InChI=1S/C15H17BrN2OS/c1-2-3-8-6-11(8)18-15(19)14-13(17)10-5-4-9(16)7-12(10)20-14/h4-5,7-8,11H,2-3,6,17H2,1H3,(H,18,19). The molecule has 0 spiro atoms. The zero-order valence-corrected chi connectivity index (χ0v) is 13.7. The van der Waals surface area contributed by atoms with Gasteiger partial charge in [0.25, 0.3) is 5.91 Å². The van der Waals surface area contributed by atoms with E-state index in [1.54, 1.807) is 0 Å². The Kier molecular flexibility index (Phi) is 3.73. The van der Waals surface area contributed by atoms with Gasteiger partial charge in [-0.05, 0) is 30.9 Å². The number of thiophene rings is 1. The Hall–Kier alpha value is -1.07. The number of nitrogens with two attached hydrogens (primary N) is 1. The maximum atomic E-state index is 12.3. The van der Waals surface area contributed by atoms with Crippen molar-refractivity contribution in [3.63, 3.8) is 0 Å². The predicted molar refractivity (Wildman–Crippen MR) is 88.2 cm³/mol. The Balaban J connectivity index is 1.80. The highest BCUT2D eigenvalue weighted by molar-refractivity contribution is 9.10. The highest BCUT2D eigenvalue weighted by atomic mass is 79.9. The maximum absolute atomic E-state index is 12.3. The molecule has 1 saturated carbocycles. The number of carbonyl (C=O) groups is 1. The number of halogens is 1. The number of rotatable bonds is 4. The lowest BCUT2D eigenvalue weighted by Crippen LogP contribution is -2.26. The molecule has 1 aromatic heterocycles. The second kappa shape index (κ2) is 5.37. The van der Waals surface area contributed by atoms with Gasteiger partial charge in [0.2, 0.25) is 0 Å². The molecule has 1 aliphatic rings. The molecule has 5 heteroatoms. The summed E-state index contributed by atoms with van der Waals surface area (Å²) in [6.07, 6.45) is 3.48. The molecule has 20 heavy (non-hydrogen) atoms. The van der Waals surface area contributed by atoms with E-state index in [0.29, 0.717) is 22.5 Å². The molecule has 1 aromatic carbocycles. The first kappa shape index (κ1) is 13.9. The molecule has 2 unspecified atom stereocenters. The van der Waals surface area contributed by atoms with E-state index in [1.807, 2.05) is 18.2 Å². The summed E-state index contributed by atoms with van der Waals surface area (Å²) < 4.78 is 2.05. The highest BCUT2D eigenvalue weighted by Crippen LogP contribution is 2.38. The van der Waals surface area contributed by atoms with Crippen molar-refractivity contribution in [2.75, 3.05) is 5.73 Å². The summed E-state index contributed by atoms with van der Waals surface area (Å²) >= 11 is 4.91. The number of amides is 1. The number of benzene rings is 1. The monoisotopic (exact) mass is 352 g/mol. The molecule has 3 N–H and O–H groups in total. The molecule has 106 valence electrons. The first-order valence-electron chi connectivity index (χ1n) is 6.88. The van der Waals surface area contributed by atoms with Crippen LogP contribution in [0.3, 0.4) is 0 Å². The zero-order valence-electron chi connectivity index (χ0n) is 11.3. The Morgan fingerprint density at radius 3 is 3.10 bits per heavy atom. The molecular weight excluding hydrogens is 336 g/mol. The summed E-state index contributed by atoms with van der Waals surface area (Å²) in [5.41, 5.74) is 6.71. The third-order valence-electron chi connectivity index (χ3n) is 3.80. The number of hydrogen-bond donors (Lipinski definition) is 2. The molecule has 1 aliphatic carbocycles. The quantitative estimate of drug-likeness (QED) is 0.867. The molecule has 0 radical (unpaired) electrons. The van der Waals surface area contributed by atoms with E-state index in [9.17, 15) is 4.79 Å². The minimum Gasteiger partial charge on any atom is -0.397 e. The van der Waals surface area contributed by atoms with Gasteiger partial charge >= 0.3 is 0 Å². The minimum absolute atomic E-state index is 0.0246. The van der Waals surface area contributed by atoms with Gasteiger partial charge in [0.1, 0.15) is 4.88 Å². The van der Waals surface area contributed by atoms with Gasteiger partial charge in [0.05, 0.1) is 5.69 Å². The predicted octanol–water partition coefficient (Wildman–Crippen LogP) is 4.16. The first-order valence-corrected chi connectivity index (χ1v) is 8.49. The first-order chi connectivity index (χ1) is 9.60. The van der Waals surface area contributed by atoms with Crippen molar-refractivity contribution in [2.24, 2.45) is 5.92 Å². The van der Waals surface area contributed by atoms with Gasteiger partial charge in [0.15, 0.2) is 0 Å². The van der Waals surface area contributed by atoms with Gasteiger partial charge in [-0.2, -0.15) is 0 Å². The van der Waals surface area contributed by atoms with E-state index in [2.05, 4.69) is 28.2 Å². The lowest BCUT2D eigenvalue weighted by molar-refractivity contribution is 0.0954. The number of anilines is 1. The van der Waals surface area contributed by atoms with Gasteiger partial charge in [-0.25, -0.2) is 0 Å². The minimum atomic E-state index is -0.0246. The third kappa shape index (κ3) is 2.56. The fraction of sp³-hybridized carbons (Fsp3) is 0.400. The summed E-state index contributed by atoms with van der Waals surface area (Å²) in [6, 6.07) is 6.26. The van der Waals surface area contributed by atoms with Crippen molar-refractivity contribution >= 4 is 48.9 Å². The van der Waals surface area contributed by atoms with Crippen molar-refractivity contribution in [3.05, 3.63) is 27.5 Å². The summed E-state index contributed by atoms with van der Waals surface area (Å²) in [6.45, 7) is 2.18. The van der Waals surface area contributed by atoms with E-state index in [0.717, 1.165) is 21.0 Å². The summed E-state index contributed by atoms with van der Waals surface area (Å²) in [5.74, 6) is 0.636. The van der Waals surface area contributed by atoms with E-state index in [1.165, 1.54) is 24.2 Å². The van der Waals surface area contributed by atoms with Gasteiger partial charge in [-0.15, -0.1) is 11.3 Å². The van der Waals surface area contributed by atoms with Crippen LogP contribution in [0, 0.1) is 5.92 Å². The van der Waals surface area contributed by atoms with Crippen molar-refractivity contribution in [3.8, 4) is 0 Å². The van der Waals surface area contributed by atoms with E-state index >= 15 is 0 Å². The smallest absolute Gasteiger partial charge is 0.263 e. The lowest BCUT2D eigenvalue weighted by atomic mass is 10.2. The largest absolute Gasteiger partial charge is 0.397 e. The number of nitrogen functional groups attached to an aromatic ring is 1. The third-order valence-corrected chi connectivity index (χ3v) is 5.46. The molecule has 3 rings (SSSR count).